The van der Waals surface area contributed by atoms with Gasteiger partial charge in [0.25, 0.3) is 0 Å². The summed E-state index contributed by atoms with van der Waals surface area (Å²) in [7, 11) is 0. The van der Waals surface area contributed by atoms with Gasteiger partial charge >= 0.3 is 0 Å². The van der Waals surface area contributed by atoms with E-state index in [1.807, 2.05) is 24.3 Å². The van der Waals surface area contributed by atoms with Crippen molar-refractivity contribution in [3.63, 3.8) is 0 Å². The van der Waals surface area contributed by atoms with Crippen LogP contribution in [0.4, 0.5) is 0 Å². The lowest BCUT2D eigenvalue weighted by Crippen LogP contribution is -2.29. The van der Waals surface area contributed by atoms with Gasteiger partial charge in [0.05, 0.1) is 12.3 Å². The predicted molar refractivity (Wildman–Crippen MR) is 112 cm³/mol. The summed E-state index contributed by atoms with van der Waals surface area (Å²) in [6.07, 6.45) is 0. The molecule has 0 unspecified atom stereocenters. The molecule has 0 aliphatic rings. The van der Waals surface area contributed by atoms with Crippen molar-refractivity contribution >= 4 is 40.9 Å². The second-order valence-corrected chi connectivity index (χ2v) is 7.88. The molecule has 1 N–H and O–H groups in total. The Hall–Kier alpha value is -1.36. The second kappa shape index (κ2) is 10.7. The molecule has 1 amide bonds. The Morgan fingerprint density at radius 1 is 1.12 bits per heavy atom. The summed E-state index contributed by atoms with van der Waals surface area (Å²) >= 11 is 13.7. The van der Waals surface area contributed by atoms with E-state index < -0.39 is 0 Å². The first-order chi connectivity index (χ1) is 12.5. The summed E-state index contributed by atoms with van der Waals surface area (Å²) < 4.78 is 5.80. The van der Waals surface area contributed by atoms with Crippen LogP contribution in [-0.2, 0) is 10.5 Å². The fourth-order valence-electron chi connectivity index (χ4n) is 2.41. The highest BCUT2D eigenvalue weighted by Gasteiger charge is 2.09. The van der Waals surface area contributed by atoms with Gasteiger partial charge in [-0.1, -0.05) is 61.3 Å². The summed E-state index contributed by atoms with van der Waals surface area (Å²) in [6, 6.07) is 13.4. The van der Waals surface area contributed by atoms with Gasteiger partial charge in [0.15, 0.2) is 0 Å². The summed E-state index contributed by atoms with van der Waals surface area (Å²) in [5.41, 5.74) is 2.04. The summed E-state index contributed by atoms with van der Waals surface area (Å²) in [5, 5.41) is 4.12. The molecule has 0 heterocycles. The highest BCUT2D eigenvalue weighted by atomic mass is 35.5. The molecule has 6 heteroatoms. The molecule has 2 aromatic carbocycles. The molecular formula is C20H23Cl2NO2S. The van der Waals surface area contributed by atoms with Crippen LogP contribution in [-0.4, -0.2) is 24.8 Å². The molecule has 0 aliphatic heterocycles. The Morgan fingerprint density at radius 2 is 1.81 bits per heavy atom. The number of nitrogens with one attached hydrogen (secondary N) is 1. The van der Waals surface area contributed by atoms with Crippen LogP contribution in [0.15, 0.2) is 42.5 Å². The number of ether oxygens (including phenoxy) is 1. The molecule has 0 bridgehead atoms. The number of amides is 1. The highest BCUT2D eigenvalue weighted by molar-refractivity contribution is 7.99. The molecule has 0 spiro atoms. The summed E-state index contributed by atoms with van der Waals surface area (Å²) in [5.74, 6) is 2.20. The minimum atomic E-state index is -0.0288. The highest BCUT2D eigenvalue weighted by Crippen LogP contribution is 2.28. The molecular weight excluding hydrogens is 389 g/mol. The molecule has 0 aromatic heterocycles. The average molecular weight is 412 g/mol. The summed E-state index contributed by atoms with van der Waals surface area (Å²) in [6.45, 7) is 5.17. The molecule has 2 rings (SSSR count). The van der Waals surface area contributed by atoms with Gasteiger partial charge in [-0.25, -0.2) is 0 Å². The Bertz CT molecular complexity index is 717. The van der Waals surface area contributed by atoms with E-state index in [1.54, 1.807) is 12.1 Å². The molecule has 3 nitrogen and oxygen atoms in total. The zero-order valence-corrected chi connectivity index (χ0v) is 17.3. The molecule has 0 fully saturated rings. The molecule has 26 heavy (non-hydrogen) atoms. The molecule has 0 atom stereocenters. The third-order valence-corrected chi connectivity index (χ3v) is 5.43. The van der Waals surface area contributed by atoms with E-state index in [2.05, 4.69) is 25.2 Å². The van der Waals surface area contributed by atoms with Crippen LogP contribution in [0.1, 0.15) is 30.9 Å². The number of para-hydroxylation sites is 1. The molecule has 140 valence electrons. The first-order valence-electron chi connectivity index (χ1n) is 8.48. The number of carbonyl (C=O) groups is 1. The van der Waals surface area contributed by atoms with Crippen molar-refractivity contribution < 1.29 is 9.53 Å². The van der Waals surface area contributed by atoms with Gasteiger partial charge in [-0.3, -0.25) is 4.79 Å². The van der Waals surface area contributed by atoms with E-state index in [-0.39, 0.29) is 5.91 Å². The maximum absolute atomic E-state index is 11.9. The Kier molecular flexibility index (Phi) is 8.63. The minimum absolute atomic E-state index is 0.0288. The lowest BCUT2D eigenvalue weighted by molar-refractivity contribution is -0.118. The molecule has 0 saturated heterocycles. The minimum Gasteiger partial charge on any atom is -0.491 e. The first-order valence-corrected chi connectivity index (χ1v) is 10.4. The molecule has 0 saturated carbocycles. The van der Waals surface area contributed by atoms with E-state index in [0.29, 0.717) is 40.6 Å². The van der Waals surface area contributed by atoms with Crippen LogP contribution in [0.25, 0.3) is 0 Å². The van der Waals surface area contributed by atoms with Crippen LogP contribution < -0.4 is 10.1 Å². The zero-order chi connectivity index (χ0) is 18.9. The standard InChI is InChI=1S/C20H23Cl2NO2S/c1-14(2)15-6-3-4-9-19(15)25-11-10-23-20(24)13-26-12-16-17(21)7-5-8-18(16)22/h3-9,14H,10-13H2,1-2H3,(H,23,24). The van der Waals surface area contributed by atoms with Crippen molar-refractivity contribution in [2.24, 2.45) is 0 Å². The van der Waals surface area contributed by atoms with Gasteiger partial charge in [0, 0.05) is 15.8 Å². The average Bonchev–Trinajstić information content (AvgIpc) is 2.61. The number of hydrogen-bond donors (Lipinski definition) is 1. The monoisotopic (exact) mass is 411 g/mol. The van der Waals surface area contributed by atoms with Crippen LogP contribution >= 0.6 is 35.0 Å². The first kappa shape index (κ1) is 20.9. The van der Waals surface area contributed by atoms with E-state index in [1.165, 1.54) is 17.3 Å². The number of carbonyl (C=O) groups excluding carboxylic acids is 1. The van der Waals surface area contributed by atoms with Crippen molar-refractivity contribution in [2.45, 2.75) is 25.5 Å². The number of halogens is 2. The van der Waals surface area contributed by atoms with Gasteiger partial charge < -0.3 is 10.1 Å². The van der Waals surface area contributed by atoms with Crippen LogP contribution in [0, 0.1) is 0 Å². The number of benzene rings is 2. The predicted octanol–water partition coefficient (Wildman–Crippen LogP) is 5.55. The van der Waals surface area contributed by atoms with Gasteiger partial charge in [-0.15, -0.1) is 11.8 Å². The Balaban J connectivity index is 1.68. The normalized spacial score (nSPS) is 10.8. The third kappa shape index (κ3) is 6.42. The van der Waals surface area contributed by atoms with E-state index >= 15 is 0 Å². The van der Waals surface area contributed by atoms with Gasteiger partial charge in [-0.2, -0.15) is 0 Å². The number of thioether (sulfide) groups is 1. The molecule has 0 aliphatic carbocycles. The third-order valence-electron chi connectivity index (χ3n) is 3.76. The smallest absolute Gasteiger partial charge is 0.230 e. The number of rotatable bonds is 9. The quantitative estimate of drug-likeness (QED) is 0.549. The maximum atomic E-state index is 11.9. The molecule has 2 aromatic rings. The largest absolute Gasteiger partial charge is 0.491 e. The van der Waals surface area contributed by atoms with Crippen molar-refractivity contribution in [2.75, 3.05) is 18.9 Å². The maximum Gasteiger partial charge on any atom is 0.230 e. The van der Waals surface area contributed by atoms with Crippen LogP contribution in [0.5, 0.6) is 5.75 Å². The topological polar surface area (TPSA) is 38.3 Å². The molecule has 0 radical (unpaired) electrons. The number of hydrogen-bond acceptors (Lipinski definition) is 3. The van der Waals surface area contributed by atoms with E-state index in [4.69, 9.17) is 27.9 Å². The van der Waals surface area contributed by atoms with Gasteiger partial charge in [-0.05, 0) is 35.2 Å². The van der Waals surface area contributed by atoms with Crippen molar-refractivity contribution in [3.8, 4) is 5.75 Å². The van der Waals surface area contributed by atoms with Crippen molar-refractivity contribution in [1.82, 2.24) is 5.32 Å². The van der Waals surface area contributed by atoms with Crippen molar-refractivity contribution in [3.05, 3.63) is 63.6 Å². The Labute approximate surface area is 169 Å². The lowest BCUT2D eigenvalue weighted by Gasteiger charge is -2.14. The van der Waals surface area contributed by atoms with Gasteiger partial charge in [0.2, 0.25) is 5.91 Å². The Morgan fingerprint density at radius 3 is 2.50 bits per heavy atom. The van der Waals surface area contributed by atoms with E-state index in [0.717, 1.165) is 11.3 Å². The fraction of sp³-hybridized carbons (Fsp3) is 0.350. The van der Waals surface area contributed by atoms with E-state index in [9.17, 15) is 4.79 Å². The zero-order valence-electron chi connectivity index (χ0n) is 14.9. The van der Waals surface area contributed by atoms with Crippen LogP contribution in [0.2, 0.25) is 10.0 Å². The second-order valence-electron chi connectivity index (χ2n) is 6.08. The van der Waals surface area contributed by atoms with Gasteiger partial charge in [0.1, 0.15) is 12.4 Å². The fourth-order valence-corrected chi connectivity index (χ4v) is 4.00. The summed E-state index contributed by atoms with van der Waals surface area (Å²) in [4.78, 5) is 11.9. The van der Waals surface area contributed by atoms with Crippen molar-refractivity contribution in [1.29, 1.82) is 0 Å². The SMILES string of the molecule is CC(C)c1ccccc1OCCNC(=O)CSCc1c(Cl)cccc1Cl. The van der Waals surface area contributed by atoms with Crippen LogP contribution in [0.3, 0.4) is 0 Å². The lowest BCUT2D eigenvalue weighted by atomic mass is 10.0.